The molecular weight excluding hydrogens is 318 g/mol. The number of rotatable bonds is 5. The predicted octanol–water partition coefficient (Wildman–Crippen LogP) is 3.18. The molecule has 6 nitrogen and oxygen atoms in total. The van der Waals surface area contributed by atoms with Gasteiger partial charge in [0.15, 0.2) is 0 Å². The average Bonchev–Trinajstić information content (AvgIpc) is 3.13. The van der Waals surface area contributed by atoms with Crippen molar-refractivity contribution in [2.45, 2.75) is 6.04 Å². The smallest absolute Gasteiger partial charge is 0.252 e. The Morgan fingerprint density at radius 2 is 2.00 bits per heavy atom. The highest BCUT2D eigenvalue weighted by Crippen LogP contribution is 2.29. The minimum absolute atomic E-state index is 0.332. The number of fused-ring (bicyclic) bond motifs is 1. The van der Waals surface area contributed by atoms with Gasteiger partial charge >= 0.3 is 0 Å². The van der Waals surface area contributed by atoms with E-state index in [0.717, 1.165) is 10.9 Å². The number of carbonyl (C=O) groups is 1. The van der Waals surface area contributed by atoms with Gasteiger partial charge in [-0.05, 0) is 35.7 Å². The Bertz CT molecular complexity index is 956. The number of hydrogen-bond donors (Lipinski definition) is 2. The topological polar surface area (TPSA) is 87.1 Å². The quantitative estimate of drug-likeness (QED) is 0.750. The predicted molar refractivity (Wildman–Crippen MR) is 93.7 cm³/mol. The zero-order chi connectivity index (χ0) is 17.8. The molecule has 0 aliphatic rings. The number of aromatic nitrogens is 1. The van der Waals surface area contributed by atoms with Crippen LogP contribution in [0.2, 0.25) is 0 Å². The number of carbonyl (C=O) groups excluding carboxylic acids is 1. The maximum absolute atomic E-state index is 12.5. The molecular formula is C19H17N3O3. The molecule has 2 aromatic carbocycles. The second-order valence-electron chi connectivity index (χ2n) is 5.42. The molecule has 0 spiro atoms. The number of amides is 1. The molecule has 1 aromatic heterocycles. The molecule has 25 heavy (non-hydrogen) atoms. The summed E-state index contributed by atoms with van der Waals surface area (Å²) in [4.78, 5) is 15.6. The van der Waals surface area contributed by atoms with Gasteiger partial charge in [-0.15, -0.1) is 0 Å². The van der Waals surface area contributed by atoms with E-state index in [0.29, 0.717) is 22.6 Å². The van der Waals surface area contributed by atoms with Gasteiger partial charge in [0, 0.05) is 28.9 Å². The van der Waals surface area contributed by atoms with Gasteiger partial charge in [0.1, 0.15) is 17.5 Å². The highest BCUT2D eigenvalue weighted by molar-refractivity contribution is 5.98. The standard InChI is InChI=1S/C19H17N3O3/c1-24-14-5-6-15(18(10-14)25-2)17(11-20)22-19(23)13-4-3-12-7-8-21-16(12)9-13/h3-10,17,21H,1-2H3,(H,22,23). The summed E-state index contributed by atoms with van der Waals surface area (Å²) in [7, 11) is 3.06. The van der Waals surface area contributed by atoms with Gasteiger partial charge in [-0.1, -0.05) is 6.07 Å². The van der Waals surface area contributed by atoms with Crippen molar-refractivity contribution in [2.75, 3.05) is 14.2 Å². The number of hydrogen-bond acceptors (Lipinski definition) is 4. The van der Waals surface area contributed by atoms with E-state index in [2.05, 4.69) is 16.4 Å². The Balaban J connectivity index is 1.86. The summed E-state index contributed by atoms with van der Waals surface area (Å²) >= 11 is 0. The molecule has 1 unspecified atom stereocenters. The fourth-order valence-electron chi connectivity index (χ4n) is 2.64. The average molecular weight is 335 g/mol. The van der Waals surface area contributed by atoms with Crippen molar-refractivity contribution in [2.24, 2.45) is 0 Å². The second-order valence-corrected chi connectivity index (χ2v) is 5.42. The van der Waals surface area contributed by atoms with Crippen LogP contribution in [0.25, 0.3) is 10.9 Å². The van der Waals surface area contributed by atoms with Crippen LogP contribution in [-0.2, 0) is 0 Å². The van der Waals surface area contributed by atoms with Crippen LogP contribution in [0.4, 0.5) is 0 Å². The third-order valence-corrected chi connectivity index (χ3v) is 3.97. The van der Waals surface area contributed by atoms with Crippen molar-refractivity contribution in [1.82, 2.24) is 10.3 Å². The summed E-state index contributed by atoms with van der Waals surface area (Å²) in [5.74, 6) is 0.757. The van der Waals surface area contributed by atoms with Crippen LogP contribution in [-0.4, -0.2) is 25.1 Å². The molecule has 0 aliphatic heterocycles. The van der Waals surface area contributed by atoms with Crippen LogP contribution < -0.4 is 14.8 Å². The van der Waals surface area contributed by atoms with Crippen LogP contribution in [0.3, 0.4) is 0 Å². The molecule has 0 radical (unpaired) electrons. The van der Waals surface area contributed by atoms with Gasteiger partial charge < -0.3 is 19.8 Å². The first-order valence-corrected chi connectivity index (χ1v) is 7.66. The molecule has 0 saturated carbocycles. The zero-order valence-electron chi connectivity index (χ0n) is 13.9. The highest BCUT2D eigenvalue weighted by atomic mass is 16.5. The lowest BCUT2D eigenvalue weighted by Gasteiger charge is -2.16. The van der Waals surface area contributed by atoms with E-state index < -0.39 is 6.04 Å². The summed E-state index contributed by atoms with van der Waals surface area (Å²) in [6.45, 7) is 0. The number of aromatic amines is 1. The lowest BCUT2D eigenvalue weighted by molar-refractivity contribution is 0.0945. The number of nitrogens with one attached hydrogen (secondary N) is 2. The van der Waals surface area contributed by atoms with Gasteiger partial charge in [0.25, 0.3) is 5.91 Å². The van der Waals surface area contributed by atoms with E-state index in [-0.39, 0.29) is 5.91 Å². The van der Waals surface area contributed by atoms with Gasteiger partial charge in [-0.2, -0.15) is 5.26 Å². The third-order valence-electron chi connectivity index (χ3n) is 3.97. The fourth-order valence-corrected chi connectivity index (χ4v) is 2.64. The molecule has 0 fully saturated rings. The van der Waals surface area contributed by atoms with Crippen LogP contribution in [0.1, 0.15) is 22.0 Å². The molecule has 0 saturated heterocycles. The number of nitriles is 1. The Hall–Kier alpha value is -3.46. The zero-order valence-corrected chi connectivity index (χ0v) is 13.9. The van der Waals surface area contributed by atoms with Gasteiger partial charge in [0.05, 0.1) is 20.3 Å². The van der Waals surface area contributed by atoms with Crippen molar-refractivity contribution in [1.29, 1.82) is 5.26 Å². The van der Waals surface area contributed by atoms with E-state index in [1.54, 1.807) is 37.4 Å². The molecule has 1 heterocycles. The highest BCUT2D eigenvalue weighted by Gasteiger charge is 2.19. The number of nitrogens with zero attached hydrogens (tertiary/aromatic N) is 1. The first-order chi connectivity index (χ1) is 12.2. The van der Waals surface area contributed by atoms with E-state index in [4.69, 9.17) is 9.47 Å². The van der Waals surface area contributed by atoms with Crippen LogP contribution in [0.15, 0.2) is 48.7 Å². The van der Waals surface area contributed by atoms with Crippen molar-refractivity contribution < 1.29 is 14.3 Å². The second kappa shape index (κ2) is 6.97. The van der Waals surface area contributed by atoms with Crippen molar-refractivity contribution >= 4 is 16.8 Å². The fraction of sp³-hybridized carbons (Fsp3) is 0.158. The molecule has 1 amide bonds. The van der Waals surface area contributed by atoms with Crippen LogP contribution >= 0.6 is 0 Å². The molecule has 3 aromatic rings. The monoisotopic (exact) mass is 335 g/mol. The lowest BCUT2D eigenvalue weighted by Crippen LogP contribution is -2.27. The van der Waals surface area contributed by atoms with Crippen molar-refractivity contribution in [3.8, 4) is 17.6 Å². The summed E-state index contributed by atoms with van der Waals surface area (Å²) < 4.78 is 10.5. The SMILES string of the molecule is COc1ccc(C(C#N)NC(=O)c2ccc3cc[nH]c3c2)c(OC)c1. The Morgan fingerprint density at radius 1 is 1.16 bits per heavy atom. The van der Waals surface area contributed by atoms with Crippen LogP contribution in [0.5, 0.6) is 11.5 Å². The van der Waals surface area contributed by atoms with E-state index in [1.165, 1.54) is 7.11 Å². The molecule has 0 bridgehead atoms. The molecule has 1 atom stereocenters. The van der Waals surface area contributed by atoms with Crippen molar-refractivity contribution in [3.05, 3.63) is 59.8 Å². The largest absolute Gasteiger partial charge is 0.497 e. The molecule has 6 heteroatoms. The number of methoxy groups -OCH3 is 2. The van der Waals surface area contributed by atoms with Gasteiger partial charge in [-0.3, -0.25) is 4.79 Å². The van der Waals surface area contributed by atoms with Gasteiger partial charge in [-0.25, -0.2) is 0 Å². The Kier molecular flexibility index (Phi) is 4.57. The summed E-state index contributed by atoms with van der Waals surface area (Å²) in [6.07, 6.45) is 1.81. The first kappa shape index (κ1) is 16.4. The maximum atomic E-state index is 12.5. The molecule has 126 valence electrons. The summed E-state index contributed by atoms with van der Waals surface area (Å²) in [5, 5.41) is 13.3. The third kappa shape index (κ3) is 3.26. The van der Waals surface area contributed by atoms with E-state index >= 15 is 0 Å². The van der Waals surface area contributed by atoms with Crippen molar-refractivity contribution in [3.63, 3.8) is 0 Å². The molecule has 2 N–H and O–H groups in total. The minimum Gasteiger partial charge on any atom is -0.497 e. The number of ether oxygens (including phenoxy) is 2. The Morgan fingerprint density at radius 3 is 2.72 bits per heavy atom. The molecule has 0 aliphatic carbocycles. The Labute approximate surface area is 145 Å². The normalized spacial score (nSPS) is 11.6. The van der Waals surface area contributed by atoms with Gasteiger partial charge in [0.2, 0.25) is 0 Å². The lowest BCUT2D eigenvalue weighted by atomic mass is 10.1. The number of H-pyrrole nitrogens is 1. The molecule has 3 rings (SSSR count). The number of benzene rings is 2. The summed E-state index contributed by atoms with van der Waals surface area (Å²) in [6, 6.07) is 13.6. The van der Waals surface area contributed by atoms with Crippen LogP contribution in [0, 0.1) is 11.3 Å². The minimum atomic E-state index is -0.840. The van der Waals surface area contributed by atoms with E-state index in [9.17, 15) is 10.1 Å². The maximum Gasteiger partial charge on any atom is 0.252 e. The summed E-state index contributed by atoms with van der Waals surface area (Å²) in [5.41, 5.74) is 1.91. The van der Waals surface area contributed by atoms with E-state index in [1.807, 2.05) is 18.3 Å². The first-order valence-electron chi connectivity index (χ1n) is 7.66.